The number of nitrogens with zero attached hydrogens (tertiary/aromatic N) is 3. The fourth-order valence-electron chi connectivity index (χ4n) is 2.07. The van der Waals surface area contributed by atoms with Gasteiger partial charge in [0.1, 0.15) is 0 Å². The van der Waals surface area contributed by atoms with E-state index in [0.29, 0.717) is 0 Å². The Labute approximate surface area is 140 Å². The summed E-state index contributed by atoms with van der Waals surface area (Å²) < 4.78 is 9.03. The number of nitrogens with one attached hydrogen (secondary N) is 1. The van der Waals surface area contributed by atoms with Crippen molar-refractivity contribution in [2.24, 2.45) is 0 Å². The first-order valence-corrected chi connectivity index (χ1v) is 8.63. The zero-order chi connectivity index (χ0) is 14.7. The first-order chi connectivity index (χ1) is 10.2. The van der Waals surface area contributed by atoms with Crippen LogP contribution in [0.4, 0.5) is 10.8 Å². The molecule has 1 aromatic heterocycles. The van der Waals surface area contributed by atoms with Gasteiger partial charge in [-0.1, -0.05) is 33.3 Å². The number of aromatic nitrogens is 2. The van der Waals surface area contributed by atoms with Crippen LogP contribution < -0.4 is 5.32 Å². The summed E-state index contributed by atoms with van der Waals surface area (Å²) in [6.07, 6.45) is 0. The molecule has 3 rings (SSSR count). The summed E-state index contributed by atoms with van der Waals surface area (Å²) in [5.41, 5.74) is 0.992. The van der Waals surface area contributed by atoms with Gasteiger partial charge in [0.15, 0.2) is 3.95 Å². The first kappa shape index (κ1) is 15.1. The van der Waals surface area contributed by atoms with Gasteiger partial charge in [0.05, 0.1) is 19.9 Å². The highest BCUT2D eigenvalue weighted by molar-refractivity contribution is 9.10. The van der Waals surface area contributed by atoms with Crippen LogP contribution in [0.25, 0.3) is 0 Å². The van der Waals surface area contributed by atoms with E-state index in [1.807, 2.05) is 28.9 Å². The Balaban J connectivity index is 1.70. The van der Waals surface area contributed by atoms with E-state index in [2.05, 4.69) is 31.2 Å². The molecular weight excluding hydrogens is 372 g/mol. The second-order valence-corrected chi connectivity index (χ2v) is 7.22. The summed E-state index contributed by atoms with van der Waals surface area (Å²) in [7, 11) is 0. The Morgan fingerprint density at radius 2 is 2.19 bits per heavy atom. The monoisotopic (exact) mass is 386 g/mol. The SMILES string of the molecule is S=c1sc(Nc2cccc(Br)c2)nn1CN1CCOCC1. The van der Waals surface area contributed by atoms with Gasteiger partial charge in [-0.05, 0) is 30.4 Å². The van der Waals surface area contributed by atoms with Crippen molar-refractivity contribution in [3.63, 3.8) is 0 Å². The lowest BCUT2D eigenvalue weighted by Gasteiger charge is -2.25. The summed E-state index contributed by atoms with van der Waals surface area (Å²) in [4.78, 5) is 2.29. The number of benzene rings is 1. The van der Waals surface area contributed by atoms with E-state index >= 15 is 0 Å². The van der Waals surface area contributed by atoms with E-state index in [4.69, 9.17) is 17.0 Å². The highest BCUT2D eigenvalue weighted by Crippen LogP contribution is 2.23. The summed E-state index contributed by atoms with van der Waals surface area (Å²) in [6, 6.07) is 7.98. The molecule has 0 bridgehead atoms. The van der Waals surface area contributed by atoms with Crippen LogP contribution in [-0.4, -0.2) is 41.0 Å². The second-order valence-electron chi connectivity index (χ2n) is 4.68. The number of hydrogen-bond acceptors (Lipinski definition) is 6. The van der Waals surface area contributed by atoms with Crippen molar-refractivity contribution in [1.82, 2.24) is 14.7 Å². The summed E-state index contributed by atoms with van der Waals surface area (Å²) in [5.74, 6) is 0. The fourth-order valence-corrected chi connectivity index (χ4v) is 3.48. The molecule has 0 aliphatic carbocycles. The van der Waals surface area contributed by atoms with Crippen LogP contribution in [-0.2, 0) is 11.4 Å². The average Bonchev–Trinajstić information content (AvgIpc) is 2.80. The molecule has 0 saturated carbocycles. The Hall–Kier alpha value is -0.800. The number of hydrogen-bond donors (Lipinski definition) is 1. The Morgan fingerprint density at radius 3 is 2.95 bits per heavy atom. The first-order valence-electron chi connectivity index (χ1n) is 6.61. The molecular formula is C13H15BrN4OS2. The lowest BCUT2D eigenvalue weighted by Crippen LogP contribution is -2.37. The normalized spacial score (nSPS) is 16.0. The van der Waals surface area contributed by atoms with Crippen molar-refractivity contribution in [1.29, 1.82) is 0 Å². The van der Waals surface area contributed by atoms with E-state index in [1.54, 1.807) is 0 Å². The summed E-state index contributed by atoms with van der Waals surface area (Å²) in [5, 5.41) is 8.65. The van der Waals surface area contributed by atoms with Gasteiger partial charge in [-0.2, -0.15) is 0 Å². The van der Waals surface area contributed by atoms with E-state index < -0.39 is 0 Å². The van der Waals surface area contributed by atoms with Crippen molar-refractivity contribution < 1.29 is 4.74 Å². The van der Waals surface area contributed by atoms with Gasteiger partial charge in [-0.25, -0.2) is 4.68 Å². The van der Waals surface area contributed by atoms with Crippen molar-refractivity contribution in [2.45, 2.75) is 6.67 Å². The topological polar surface area (TPSA) is 42.3 Å². The zero-order valence-corrected chi connectivity index (χ0v) is 14.5. The van der Waals surface area contributed by atoms with E-state index in [1.165, 1.54) is 11.3 Å². The van der Waals surface area contributed by atoms with E-state index in [0.717, 1.165) is 52.2 Å². The largest absolute Gasteiger partial charge is 0.379 e. The molecule has 112 valence electrons. The molecule has 0 radical (unpaired) electrons. The molecule has 0 atom stereocenters. The van der Waals surface area contributed by atoms with Crippen molar-refractivity contribution in [3.8, 4) is 0 Å². The van der Waals surface area contributed by atoms with Gasteiger partial charge in [0, 0.05) is 23.2 Å². The van der Waals surface area contributed by atoms with Crippen LogP contribution in [0.2, 0.25) is 0 Å². The molecule has 2 aromatic rings. The highest BCUT2D eigenvalue weighted by atomic mass is 79.9. The maximum absolute atomic E-state index is 5.40. The van der Waals surface area contributed by atoms with E-state index in [9.17, 15) is 0 Å². The molecule has 1 aromatic carbocycles. The van der Waals surface area contributed by atoms with Crippen molar-refractivity contribution >= 4 is 50.3 Å². The Bertz CT molecular complexity index is 666. The third kappa shape index (κ3) is 4.10. The van der Waals surface area contributed by atoms with Crippen LogP contribution in [0.5, 0.6) is 0 Å². The number of rotatable bonds is 4. The van der Waals surface area contributed by atoms with Crippen LogP contribution in [0.1, 0.15) is 0 Å². The molecule has 0 spiro atoms. The number of ether oxygens (including phenoxy) is 1. The Morgan fingerprint density at radius 1 is 1.38 bits per heavy atom. The molecule has 21 heavy (non-hydrogen) atoms. The van der Waals surface area contributed by atoms with Gasteiger partial charge in [0.2, 0.25) is 5.13 Å². The molecule has 1 aliphatic rings. The van der Waals surface area contributed by atoms with Crippen LogP contribution in [0.3, 0.4) is 0 Å². The maximum atomic E-state index is 5.40. The van der Waals surface area contributed by atoms with Crippen LogP contribution >= 0.6 is 39.5 Å². The number of anilines is 2. The van der Waals surface area contributed by atoms with Gasteiger partial charge >= 0.3 is 0 Å². The van der Waals surface area contributed by atoms with E-state index in [-0.39, 0.29) is 0 Å². The predicted molar refractivity (Wildman–Crippen MR) is 90.8 cm³/mol. The lowest BCUT2D eigenvalue weighted by atomic mass is 10.3. The average molecular weight is 387 g/mol. The molecule has 5 nitrogen and oxygen atoms in total. The minimum absolute atomic E-state index is 0.721. The van der Waals surface area contributed by atoms with Gasteiger partial charge < -0.3 is 10.1 Å². The summed E-state index contributed by atoms with van der Waals surface area (Å²) >= 11 is 10.3. The predicted octanol–water partition coefficient (Wildman–Crippen LogP) is 3.47. The second kappa shape index (κ2) is 6.97. The molecule has 8 heteroatoms. The molecule has 1 N–H and O–H groups in total. The number of morpholine rings is 1. The van der Waals surface area contributed by atoms with Crippen LogP contribution in [0, 0.1) is 3.95 Å². The minimum Gasteiger partial charge on any atom is -0.379 e. The molecule has 1 saturated heterocycles. The molecule has 0 amide bonds. The zero-order valence-electron chi connectivity index (χ0n) is 11.3. The molecule has 2 heterocycles. The lowest BCUT2D eigenvalue weighted by molar-refractivity contribution is 0.0212. The minimum atomic E-state index is 0.721. The smallest absolute Gasteiger partial charge is 0.209 e. The Kier molecular flexibility index (Phi) is 5.02. The number of halogens is 1. The third-order valence-electron chi connectivity index (χ3n) is 3.12. The molecule has 0 unspecified atom stereocenters. The third-order valence-corrected chi connectivity index (χ3v) is 4.84. The van der Waals surface area contributed by atoms with Crippen molar-refractivity contribution in [3.05, 3.63) is 32.7 Å². The highest BCUT2D eigenvalue weighted by Gasteiger charge is 2.12. The quantitative estimate of drug-likeness (QED) is 0.814. The van der Waals surface area contributed by atoms with Gasteiger partial charge in [-0.3, -0.25) is 4.90 Å². The standard InChI is InChI=1S/C13H15BrN4OS2/c14-10-2-1-3-11(8-10)15-12-16-18(13(20)21-12)9-17-4-6-19-7-5-17/h1-3,8H,4-7,9H2,(H,15,16). The molecule has 1 fully saturated rings. The fraction of sp³-hybridized carbons (Fsp3) is 0.385. The molecule has 1 aliphatic heterocycles. The van der Waals surface area contributed by atoms with Crippen molar-refractivity contribution in [2.75, 3.05) is 31.6 Å². The van der Waals surface area contributed by atoms with Crippen LogP contribution in [0.15, 0.2) is 28.7 Å². The van der Waals surface area contributed by atoms with Gasteiger partial charge in [-0.15, -0.1) is 5.10 Å². The van der Waals surface area contributed by atoms with Gasteiger partial charge in [0.25, 0.3) is 0 Å². The summed E-state index contributed by atoms with van der Waals surface area (Å²) in [6.45, 7) is 4.13. The maximum Gasteiger partial charge on any atom is 0.209 e.